The number of aryl methyl sites for hydroxylation is 1. The van der Waals surface area contributed by atoms with Gasteiger partial charge in [-0.25, -0.2) is 0 Å². The van der Waals surface area contributed by atoms with Crippen molar-refractivity contribution in [2.24, 2.45) is 5.41 Å². The molecule has 0 saturated heterocycles. The molecule has 0 N–H and O–H groups in total. The zero-order valence-corrected chi connectivity index (χ0v) is 13.8. The lowest BCUT2D eigenvalue weighted by Crippen LogP contribution is -2.36. The topological polar surface area (TPSA) is 3.24 Å². The fraction of sp³-hybridized carbons (Fsp3) is 0.625. The van der Waals surface area contributed by atoms with E-state index >= 15 is 0 Å². The van der Waals surface area contributed by atoms with Gasteiger partial charge < -0.3 is 4.90 Å². The van der Waals surface area contributed by atoms with Gasteiger partial charge in [0.1, 0.15) is 0 Å². The summed E-state index contributed by atoms with van der Waals surface area (Å²) in [6, 6.07) is 8.67. The van der Waals surface area contributed by atoms with Gasteiger partial charge in [0.05, 0.1) is 0 Å². The molecule has 0 unspecified atom stereocenters. The van der Waals surface area contributed by atoms with Crippen molar-refractivity contribution in [1.29, 1.82) is 0 Å². The van der Waals surface area contributed by atoms with Crippen LogP contribution >= 0.6 is 15.9 Å². The number of halogens is 1. The molecule has 0 aliphatic carbocycles. The number of hydrogen-bond acceptors (Lipinski definition) is 1. The molecule has 0 heterocycles. The zero-order chi connectivity index (χ0) is 13.6. The largest absolute Gasteiger partial charge is 0.302 e. The fourth-order valence-electron chi connectivity index (χ4n) is 2.41. The van der Waals surface area contributed by atoms with Crippen LogP contribution in [0.5, 0.6) is 0 Å². The summed E-state index contributed by atoms with van der Waals surface area (Å²) >= 11 is 3.70. The van der Waals surface area contributed by atoms with Crippen molar-refractivity contribution >= 4 is 15.9 Å². The maximum absolute atomic E-state index is 3.70. The Morgan fingerprint density at radius 1 is 1.17 bits per heavy atom. The number of nitrogens with zero attached hydrogens (tertiary/aromatic N) is 1. The first-order chi connectivity index (χ1) is 8.56. The standard InChI is InChI=1S/C16H26BrN/c1-5-16(6-2,12-17)13-18(4)11-15-10-8-7-9-14(15)3/h7-10H,5-6,11-13H2,1-4H3. The Morgan fingerprint density at radius 3 is 2.28 bits per heavy atom. The Labute approximate surface area is 121 Å². The lowest BCUT2D eigenvalue weighted by Gasteiger charge is -2.34. The Balaban J connectivity index is 2.66. The summed E-state index contributed by atoms with van der Waals surface area (Å²) in [6.07, 6.45) is 2.46. The van der Waals surface area contributed by atoms with E-state index in [1.54, 1.807) is 0 Å². The molecule has 0 aliphatic heterocycles. The van der Waals surface area contributed by atoms with Crippen molar-refractivity contribution in [3.63, 3.8) is 0 Å². The fourth-order valence-corrected chi connectivity index (χ4v) is 3.38. The van der Waals surface area contributed by atoms with E-state index in [1.807, 2.05) is 0 Å². The molecule has 2 heteroatoms. The third-order valence-electron chi connectivity index (χ3n) is 4.09. The summed E-state index contributed by atoms with van der Waals surface area (Å²) in [5.41, 5.74) is 3.25. The van der Waals surface area contributed by atoms with Crippen molar-refractivity contribution in [2.45, 2.75) is 40.2 Å². The molecule has 0 radical (unpaired) electrons. The van der Waals surface area contributed by atoms with E-state index in [-0.39, 0.29) is 0 Å². The minimum atomic E-state index is 0.414. The molecule has 1 aromatic carbocycles. The number of rotatable bonds is 7. The quantitative estimate of drug-likeness (QED) is 0.664. The third-order valence-corrected chi connectivity index (χ3v) is 5.28. The van der Waals surface area contributed by atoms with Crippen molar-refractivity contribution in [3.8, 4) is 0 Å². The highest BCUT2D eigenvalue weighted by Gasteiger charge is 2.26. The van der Waals surface area contributed by atoms with Crippen LogP contribution in [-0.4, -0.2) is 23.8 Å². The van der Waals surface area contributed by atoms with Crippen LogP contribution in [-0.2, 0) is 6.54 Å². The predicted octanol–water partition coefficient (Wildman–Crippen LogP) is 4.63. The second-order valence-electron chi connectivity index (χ2n) is 5.44. The van der Waals surface area contributed by atoms with Gasteiger partial charge in [-0.2, -0.15) is 0 Å². The van der Waals surface area contributed by atoms with Gasteiger partial charge >= 0.3 is 0 Å². The summed E-state index contributed by atoms with van der Waals surface area (Å²) in [4.78, 5) is 2.45. The van der Waals surface area contributed by atoms with Crippen LogP contribution in [0.15, 0.2) is 24.3 Å². The second-order valence-corrected chi connectivity index (χ2v) is 6.00. The Morgan fingerprint density at radius 2 is 1.78 bits per heavy atom. The molecule has 102 valence electrons. The summed E-state index contributed by atoms with van der Waals surface area (Å²) in [5, 5.41) is 1.09. The molecule has 1 rings (SSSR count). The van der Waals surface area contributed by atoms with Crippen LogP contribution in [0.1, 0.15) is 37.8 Å². The first-order valence-corrected chi connectivity index (χ1v) is 7.98. The number of hydrogen-bond donors (Lipinski definition) is 0. The van der Waals surface area contributed by atoms with Crippen LogP contribution in [0.4, 0.5) is 0 Å². The molecule has 0 fully saturated rings. The monoisotopic (exact) mass is 311 g/mol. The first kappa shape index (κ1) is 15.7. The molecule has 1 nitrogen and oxygen atoms in total. The molecule has 0 bridgehead atoms. The number of alkyl halides is 1. The average Bonchev–Trinajstić information content (AvgIpc) is 2.39. The second kappa shape index (κ2) is 7.30. The van der Waals surface area contributed by atoms with Gasteiger partial charge in [0.15, 0.2) is 0 Å². The summed E-state index contributed by atoms with van der Waals surface area (Å²) < 4.78 is 0. The van der Waals surface area contributed by atoms with Crippen LogP contribution < -0.4 is 0 Å². The zero-order valence-electron chi connectivity index (χ0n) is 12.2. The summed E-state index contributed by atoms with van der Waals surface area (Å²) in [5.74, 6) is 0. The van der Waals surface area contributed by atoms with E-state index in [0.29, 0.717) is 5.41 Å². The maximum atomic E-state index is 3.70. The Kier molecular flexibility index (Phi) is 6.37. The molecular formula is C16H26BrN. The van der Waals surface area contributed by atoms with E-state index in [4.69, 9.17) is 0 Å². The minimum Gasteiger partial charge on any atom is -0.302 e. The normalized spacial score (nSPS) is 12.1. The molecule has 0 spiro atoms. The highest BCUT2D eigenvalue weighted by Crippen LogP contribution is 2.30. The van der Waals surface area contributed by atoms with Crippen LogP contribution in [0, 0.1) is 12.3 Å². The lowest BCUT2D eigenvalue weighted by molar-refractivity contribution is 0.180. The van der Waals surface area contributed by atoms with Crippen molar-refractivity contribution in [1.82, 2.24) is 4.90 Å². The number of benzene rings is 1. The molecule has 1 aromatic rings. The minimum absolute atomic E-state index is 0.414. The Bertz CT molecular complexity index is 350. The molecule has 18 heavy (non-hydrogen) atoms. The summed E-state index contributed by atoms with van der Waals surface area (Å²) in [6.45, 7) is 8.99. The van der Waals surface area contributed by atoms with Gasteiger partial charge in [0.2, 0.25) is 0 Å². The van der Waals surface area contributed by atoms with E-state index in [0.717, 1.165) is 18.4 Å². The first-order valence-electron chi connectivity index (χ1n) is 6.86. The molecule has 0 aromatic heterocycles. The summed E-state index contributed by atoms with van der Waals surface area (Å²) in [7, 11) is 2.23. The molecule has 0 atom stereocenters. The lowest BCUT2D eigenvalue weighted by atomic mass is 9.84. The van der Waals surface area contributed by atoms with E-state index in [1.165, 1.54) is 24.0 Å². The maximum Gasteiger partial charge on any atom is 0.0233 e. The Hall–Kier alpha value is -0.340. The van der Waals surface area contributed by atoms with Crippen LogP contribution in [0.2, 0.25) is 0 Å². The van der Waals surface area contributed by atoms with Gasteiger partial charge in [-0.1, -0.05) is 54.0 Å². The van der Waals surface area contributed by atoms with Crippen molar-refractivity contribution in [3.05, 3.63) is 35.4 Å². The van der Waals surface area contributed by atoms with Crippen LogP contribution in [0.25, 0.3) is 0 Å². The van der Waals surface area contributed by atoms with Crippen LogP contribution in [0.3, 0.4) is 0 Å². The molecule has 0 saturated carbocycles. The highest BCUT2D eigenvalue weighted by atomic mass is 79.9. The average molecular weight is 312 g/mol. The van der Waals surface area contributed by atoms with Gasteiger partial charge in [0.25, 0.3) is 0 Å². The smallest absolute Gasteiger partial charge is 0.0233 e. The highest BCUT2D eigenvalue weighted by molar-refractivity contribution is 9.09. The van der Waals surface area contributed by atoms with E-state index in [9.17, 15) is 0 Å². The van der Waals surface area contributed by atoms with E-state index in [2.05, 4.69) is 72.9 Å². The van der Waals surface area contributed by atoms with Gasteiger partial charge in [-0.05, 0) is 43.4 Å². The SMILES string of the molecule is CCC(CC)(CBr)CN(C)Cc1ccccc1C. The van der Waals surface area contributed by atoms with Gasteiger partial charge in [0, 0.05) is 18.4 Å². The van der Waals surface area contributed by atoms with Gasteiger partial charge in [-0.15, -0.1) is 0 Å². The third kappa shape index (κ3) is 4.10. The molecule has 0 amide bonds. The van der Waals surface area contributed by atoms with E-state index < -0.39 is 0 Å². The predicted molar refractivity (Wildman–Crippen MR) is 84.3 cm³/mol. The van der Waals surface area contributed by atoms with Crippen molar-refractivity contribution < 1.29 is 0 Å². The molecule has 0 aliphatic rings. The van der Waals surface area contributed by atoms with Crippen molar-refractivity contribution in [2.75, 3.05) is 18.9 Å². The van der Waals surface area contributed by atoms with Gasteiger partial charge in [-0.3, -0.25) is 0 Å². The molecular weight excluding hydrogens is 286 g/mol.